The van der Waals surface area contributed by atoms with Crippen LogP contribution in [0.4, 0.5) is 0 Å². The van der Waals surface area contributed by atoms with Gasteiger partial charge in [-0.2, -0.15) is 4.31 Å². The zero-order valence-electron chi connectivity index (χ0n) is 20.5. The van der Waals surface area contributed by atoms with Crippen LogP contribution in [0.5, 0.6) is 0 Å². The third-order valence-electron chi connectivity index (χ3n) is 5.81. The fraction of sp³-hybridized carbons (Fsp3) is 0.407. The number of aromatic nitrogens is 2. The van der Waals surface area contributed by atoms with E-state index in [1.807, 2.05) is 36.4 Å². The Kier molecular flexibility index (Phi) is 8.03. The Hall–Kier alpha value is -2.57. The van der Waals surface area contributed by atoms with Crippen molar-refractivity contribution in [1.29, 1.82) is 0 Å². The minimum atomic E-state index is -3.84. The lowest BCUT2D eigenvalue weighted by molar-refractivity contribution is 0.391. The second-order valence-electron chi connectivity index (χ2n) is 9.41. The quantitative estimate of drug-likeness (QED) is 0.375. The fourth-order valence-electron chi connectivity index (χ4n) is 3.89. The van der Waals surface area contributed by atoms with Crippen LogP contribution in [-0.2, 0) is 23.1 Å². The van der Waals surface area contributed by atoms with Gasteiger partial charge < -0.3 is 0 Å². The van der Waals surface area contributed by atoms with Gasteiger partial charge in [-0.3, -0.25) is 9.97 Å². The molecule has 3 rings (SSSR count). The van der Waals surface area contributed by atoms with E-state index < -0.39 is 10.0 Å². The zero-order chi connectivity index (χ0) is 24.2. The Morgan fingerprint density at radius 2 is 1.18 bits per heavy atom. The molecule has 0 aliphatic rings. The highest BCUT2D eigenvalue weighted by Gasteiger charge is 2.32. The Balaban J connectivity index is 2.21. The summed E-state index contributed by atoms with van der Waals surface area (Å²) in [6, 6.07) is 15.3. The molecule has 3 aromatic rings. The predicted molar refractivity (Wildman–Crippen MR) is 134 cm³/mol. The molecule has 0 radical (unpaired) electrons. The van der Waals surface area contributed by atoms with Gasteiger partial charge in [0, 0.05) is 12.4 Å². The van der Waals surface area contributed by atoms with E-state index in [0.717, 1.165) is 11.1 Å². The van der Waals surface area contributed by atoms with Gasteiger partial charge in [0.2, 0.25) is 10.0 Å². The largest absolute Gasteiger partial charge is 0.260 e. The van der Waals surface area contributed by atoms with Gasteiger partial charge in [-0.1, -0.05) is 65.8 Å². The van der Waals surface area contributed by atoms with E-state index in [1.165, 1.54) is 9.87 Å². The summed E-state index contributed by atoms with van der Waals surface area (Å²) in [6.45, 7) is 12.9. The third-order valence-corrected chi connectivity index (χ3v) is 7.73. The molecule has 0 amide bonds. The van der Waals surface area contributed by atoms with Gasteiger partial charge in [0.15, 0.2) is 0 Å². The number of hydrogen-bond acceptors (Lipinski definition) is 4. The van der Waals surface area contributed by atoms with E-state index in [4.69, 9.17) is 0 Å². The van der Waals surface area contributed by atoms with Crippen LogP contribution in [0.3, 0.4) is 0 Å². The van der Waals surface area contributed by atoms with Crippen LogP contribution in [0.1, 0.15) is 87.4 Å². The van der Waals surface area contributed by atoms with E-state index in [0.29, 0.717) is 22.2 Å². The first-order valence-corrected chi connectivity index (χ1v) is 13.0. The topological polar surface area (TPSA) is 63.2 Å². The molecule has 0 aliphatic heterocycles. The molecule has 2 aromatic heterocycles. The molecule has 176 valence electrons. The molecule has 0 aliphatic carbocycles. The highest BCUT2D eigenvalue weighted by atomic mass is 32.2. The average Bonchev–Trinajstić information content (AvgIpc) is 2.79. The Morgan fingerprint density at radius 1 is 0.727 bits per heavy atom. The van der Waals surface area contributed by atoms with Crippen LogP contribution in [0.25, 0.3) is 0 Å². The zero-order valence-corrected chi connectivity index (χ0v) is 21.3. The lowest BCUT2D eigenvalue weighted by atomic mass is 9.89. The highest BCUT2D eigenvalue weighted by molar-refractivity contribution is 7.89. The first-order chi connectivity index (χ1) is 15.6. The number of hydrogen-bond donors (Lipinski definition) is 0. The van der Waals surface area contributed by atoms with E-state index in [9.17, 15) is 8.42 Å². The van der Waals surface area contributed by atoms with Gasteiger partial charge in [-0.05, 0) is 58.7 Å². The number of pyridine rings is 2. The predicted octanol–water partition coefficient (Wildman–Crippen LogP) is 6.24. The number of benzene rings is 1. The molecule has 6 heteroatoms. The van der Waals surface area contributed by atoms with Crippen LogP contribution >= 0.6 is 0 Å². The van der Waals surface area contributed by atoms with Crippen molar-refractivity contribution in [2.45, 2.75) is 77.3 Å². The SMILES string of the molecule is CC(C)c1cc(C(C)C)c(S(=O)(=O)N(Cc2ccccn2)Cc2ccccn2)c(C(C)C)c1. The molecule has 0 saturated heterocycles. The van der Waals surface area contributed by atoms with Crippen LogP contribution in [0.2, 0.25) is 0 Å². The van der Waals surface area contributed by atoms with Crippen molar-refractivity contribution in [2.75, 3.05) is 0 Å². The van der Waals surface area contributed by atoms with E-state index in [1.54, 1.807) is 12.4 Å². The summed E-state index contributed by atoms with van der Waals surface area (Å²) in [7, 11) is -3.84. The van der Waals surface area contributed by atoms with Crippen molar-refractivity contribution in [3.8, 4) is 0 Å². The molecule has 0 bridgehead atoms. The summed E-state index contributed by atoms with van der Waals surface area (Å²) in [5.41, 5.74) is 4.32. The smallest absolute Gasteiger partial charge is 0.244 e. The molecule has 0 fully saturated rings. The van der Waals surface area contributed by atoms with Gasteiger partial charge in [0.1, 0.15) is 0 Å². The van der Waals surface area contributed by atoms with Crippen molar-refractivity contribution in [1.82, 2.24) is 14.3 Å². The molecule has 0 atom stereocenters. The molecular formula is C27H35N3O2S. The normalized spacial score (nSPS) is 12.3. The minimum Gasteiger partial charge on any atom is -0.260 e. The number of rotatable bonds is 9. The van der Waals surface area contributed by atoms with Crippen molar-refractivity contribution in [2.24, 2.45) is 0 Å². The van der Waals surface area contributed by atoms with Crippen molar-refractivity contribution in [3.05, 3.63) is 89.0 Å². The summed E-state index contributed by atoms with van der Waals surface area (Å²) < 4.78 is 30.2. The van der Waals surface area contributed by atoms with Crippen LogP contribution in [-0.4, -0.2) is 22.7 Å². The summed E-state index contributed by atoms with van der Waals surface area (Å²) in [5, 5.41) is 0. The van der Waals surface area contributed by atoms with Crippen LogP contribution in [0, 0.1) is 0 Å². The third kappa shape index (κ3) is 5.87. The molecule has 0 spiro atoms. The Morgan fingerprint density at radius 3 is 1.52 bits per heavy atom. The maximum absolute atomic E-state index is 14.3. The van der Waals surface area contributed by atoms with Gasteiger partial charge >= 0.3 is 0 Å². The molecule has 0 N–H and O–H groups in total. The molecule has 2 heterocycles. The summed E-state index contributed by atoms with van der Waals surface area (Å²) in [4.78, 5) is 9.22. The molecule has 5 nitrogen and oxygen atoms in total. The molecular weight excluding hydrogens is 430 g/mol. The Bertz CT molecular complexity index is 1090. The maximum atomic E-state index is 14.3. The molecule has 0 unspecified atom stereocenters. The molecule has 0 saturated carbocycles. The van der Waals surface area contributed by atoms with E-state index >= 15 is 0 Å². The summed E-state index contributed by atoms with van der Waals surface area (Å²) in [5.74, 6) is 0.449. The second-order valence-corrected chi connectivity index (χ2v) is 11.3. The van der Waals surface area contributed by atoms with E-state index in [2.05, 4.69) is 63.6 Å². The van der Waals surface area contributed by atoms with Crippen molar-refractivity contribution >= 4 is 10.0 Å². The number of nitrogens with zero attached hydrogens (tertiary/aromatic N) is 3. The minimum absolute atomic E-state index is 0.0672. The first-order valence-electron chi connectivity index (χ1n) is 11.6. The molecule has 33 heavy (non-hydrogen) atoms. The lowest BCUT2D eigenvalue weighted by Crippen LogP contribution is -2.32. The monoisotopic (exact) mass is 465 g/mol. The highest BCUT2D eigenvalue weighted by Crippen LogP contribution is 2.37. The van der Waals surface area contributed by atoms with Gasteiger partial charge in [0.05, 0.1) is 29.4 Å². The van der Waals surface area contributed by atoms with Gasteiger partial charge in [-0.15, -0.1) is 0 Å². The van der Waals surface area contributed by atoms with Crippen molar-refractivity contribution < 1.29 is 8.42 Å². The van der Waals surface area contributed by atoms with E-state index in [-0.39, 0.29) is 24.9 Å². The fourth-order valence-corrected chi connectivity index (χ4v) is 5.93. The van der Waals surface area contributed by atoms with Crippen LogP contribution in [0.15, 0.2) is 65.8 Å². The molecule has 1 aromatic carbocycles. The standard InChI is InChI=1S/C27H35N3O2S/c1-19(2)22-15-25(20(3)4)27(26(16-22)21(5)6)33(31,32)30(17-23-11-7-9-13-28-23)18-24-12-8-10-14-29-24/h7-16,19-21H,17-18H2,1-6H3. The Labute approximate surface area is 199 Å². The van der Waals surface area contributed by atoms with Crippen molar-refractivity contribution in [3.63, 3.8) is 0 Å². The lowest BCUT2D eigenvalue weighted by Gasteiger charge is -2.28. The van der Waals surface area contributed by atoms with Crippen LogP contribution < -0.4 is 0 Å². The average molecular weight is 466 g/mol. The first kappa shape index (κ1) is 25.1. The second kappa shape index (κ2) is 10.6. The van der Waals surface area contributed by atoms with Gasteiger partial charge in [0.25, 0.3) is 0 Å². The van der Waals surface area contributed by atoms with Gasteiger partial charge in [-0.25, -0.2) is 8.42 Å². The summed E-state index contributed by atoms with van der Waals surface area (Å²) in [6.07, 6.45) is 3.38. The summed E-state index contributed by atoms with van der Waals surface area (Å²) >= 11 is 0. The number of sulfonamides is 1. The maximum Gasteiger partial charge on any atom is 0.244 e.